The van der Waals surface area contributed by atoms with Crippen LogP contribution in [0.1, 0.15) is 11.3 Å². The Bertz CT molecular complexity index is 1670. The number of carbonyl (C=O) groups is 1. The van der Waals surface area contributed by atoms with Crippen molar-refractivity contribution in [2.24, 2.45) is 0 Å². The van der Waals surface area contributed by atoms with Gasteiger partial charge in [-0.1, -0.05) is 6.07 Å². The van der Waals surface area contributed by atoms with Crippen LogP contribution in [-0.4, -0.2) is 21.0 Å². The molecular weight excluding hydrogens is 514 g/mol. The molecule has 0 saturated carbocycles. The third kappa shape index (κ3) is 6.09. The van der Waals surface area contributed by atoms with Crippen LogP contribution in [0.15, 0.2) is 85.2 Å². The van der Waals surface area contributed by atoms with Crippen LogP contribution in [0.4, 0.5) is 33.7 Å². The number of ether oxygens (including phenoxy) is 1. The molecule has 0 aliphatic carbocycles. The zero-order valence-electron chi connectivity index (χ0n) is 20.3. The Morgan fingerprint density at radius 2 is 1.64 bits per heavy atom. The van der Waals surface area contributed by atoms with Gasteiger partial charge in [-0.2, -0.15) is 13.2 Å². The lowest BCUT2D eigenvalue weighted by molar-refractivity contribution is -0.137. The summed E-state index contributed by atoms with van der Waals surface area (Å²) >= 11 is 0. The molecule has 11 heteroatoms. The molecule has 2 aromatic heterocycles. The van der Waals surface area contributed by atoms with Crippen molar-refractivity contribution in [2.75, 3.05) is 10.6 Å². The van der Waals surface area contributed by atoms with E-state index >= 15 is 0 Å². The number of hydrogen-bond acceptors (Lipinski definition) is 5. The lowest BCUT2D eigenvalue weighted by Crippen LogP contribution is -2.19. The average Bonchev–Trinajstić information content (AvgIpc) is 2.90. The molecule has 7 nitrogen and oxygen atoms in total. The van der Waals surface area contributed by atoms with Gasteiger partial charge in [0, 0.05) is 41.0 Å². The summed E-state index contributed by atoms with van der Waals surface area (Å²) < 4.78 is 59.0. The third-order valence-corrected chi connectivity index (χ3v) is 5.59. The van der Waals surface area contributed by atoms with Crippen molar-refractivity contribution in [1.82, 2.24) is 15.0 Å². The first kappa shape index (κ1) is 25.6. The molecule has 5 aromatic rings. The number of aromatic nitrogens is 3. The van der Waals surface area contributed by atoms with Gasteiger partial charge in [0.15, 0.2) is 11.6 Å². The largest absolute Gasteiger partial charge is 0.454 e. The van der Waals surface area contributed by atoms with Crippen molar-refractivity contribution in [1.29, 1.82) is 0 Å². The minimum absolute atomic E-state index is 0.0565. The summed E-state index contributed by atoms with van der Waals surface area (Å²) in [5, 5.41) is 4.78. The van der Waals surface area contributed by atoms with Gasteiger partial charge in [0.05, 0.1) is 28.5 Å². The van der Waals surface area contributed by atoms with Crippen molar-refractivity contribution in [3.8, 4) is 22.8 Å². The van der Waals surface area contributed by atoms with Gasteiger partial charge in [-0.15, -0.1) is 0 Å². The molecule has 0 aliphatic rings. The van der Waals surface area contributed by atoms with Gasteiger partial charge in [-0.05, 0) is 61.5 Å². The van der Waals surface area contributed by atoms with Crippen LogP contribution in [0.3, 0.4) is 0 Å². The molecule has 0 bridgehead atoms. The van der Waals surface area contributed by atoms with Crippen LogP contribution < -0.4 is 15.4 Å². The van der Waals surface area contributed by atoms with E-state index in [1.165, 1.54) is 24.3 Å². The van der Waals surface area contributed by atoms with E-state index in [4.69, 9.17) is 4.74 Å². The van der Waals surface area contributed by atoms with Crippen LogP contribution in [0, 0.1) is 12.7 Å². The van der Waals surface area contributed by atoms with Gasteiger partial charge in [0.1, 0.15) is 5.75 Å². The van der Waals surface area contributed by atoms with Crippen molar-refractivity contribution >= 4 is 28.4 Å². The van der Waals surface area contributed by atoms with Crippen LogP contribution in [0.25, 0.3) is 22.3 Å². The van der Waals surface area contributed by atoms with Crippen molar-refractivity contribution in [2.45, 2.75) is 13.1 Å². The molecule has 0 aliphatic heterocycles. The highest BCUT2D eigenvalue weighted by Gasteiger charge is 2.30. The fraction of sp³-hybridized carbons (Fsp3) is 0.0714. The number of halogens is 4. The van der Waals surface area contributed by atoms with Crippen LogP contribution in [0.5, 0.6) is 11.5 Å². The molecule has 2 heterocycles. The third-order valence-electron chi connectivity index (χ3n) is 5.59. The van der Waals surface area contributed by atoms with E-state index in [0.717, 1.165) is 29.5 Å². The lowest BCUT2D eigenvalue weighted by atomic mass is 10.2. The maximum atomic E-state index is 14.5. The minimum Gasteiger partial charge on any atom is -0.454 e. The Morgan fingerprint density at radius 3 is 2.38 bits per heavy atom. The molecule has 0 spiro atoms. The molecule has 0 atom stereocenters. The minimum atomic E-state index is -4.55. The van der Waals surface area contributed by atoms with Crippen molar-refractivity contribution in [3.05, 3.63) is 102 Å². The second kappa shape index (κ2) is 10.4. The monoisotopic (exact) mass is 533 g/mol. The van der Waals surface area contributed by atoms with Gasteiger partial charge in [-0.3, -0.25) is 9.97 Å². The number of alkyl halides is 3. The van der Waals surface area contributed by atoms with Crippen LogP contribution in [0.2, 0.25) is 0 Å². The first-order valence-electron chi connectivity index (χ1n) is 11.6. The molecule has 3 aromatic carbocycles. The zero-order valence-corrected chi connectivity index (χ0v) is 20.3. The number of rotatable bonds is 5. The molecule has 0 radical (unpaired) electrons. The second-order valence-corrected chi connectivity index (χ2v) is 8.50. The van der Waals surface area contributed by atoms with E-state index in [1.54, 1.807) is 30.6 Å². The summed E-state index contributed by atoms with van der Waals surface area (Å²) in [5.41, 5.74) is 2.58. The molecule has 2 amide bonds. The highest BCUT2D eigenvalue weighted by atomic mass is 19.4. The van der Waals surface area contributed by atoms with Gasteiger partial charge in [-0.25, -0.2) is 14.2 Å². The first-order valence-corrected chi connectivity index (χ1v) is 11.6. The number of benzene rings is 3. The van der Waals surface area contributed by atoms with E-state index in [1.807, 2.05) is 19.1 Å². The van der Waals surface area contributed by atoms with Crippen LogP contribution >= 0.6 is 0 Å². The van der Waals surface area contributed by atoms with Gasteiger partial charge >= 0.3 is 12.2 Å². The average molecular weight is 533 g/mol. The Kier molecular flexibility index (Phi) is 6.80. The SMILES string of the molecule is Cc1ccc(-c2cnc3ccc(Oc4cc(NC(=O)Nc5cccc(C(F)(F)F)c5)ccc4F)cc3n2)cn1. The summed E-state index contributed by atoms with van der Waals surface area (Å²) in [4.78, 5) is 25.6. The predicted octanol–water partition coefficient (Wildman–Crippen LogP) is 7.59. The Balaban J connectivity index is 1.32. The van der Waals surface area contributed by atoms with Crippen molar-refractivity contribution in [3.63, 3.8) is 0 Å². The molecular formula is C28H19F4N5O2. The van der Waals surface area contributed by atoms with Crippen LogP contribution in [-0.2, 0) is 6.18 Å². The fourth-order valence-electron chi connectivity index (χ4n) is 3.67. The number of hydrogen-bond donors (Lipinski definition) is 2. The number of urea groups is 1. The molecule has 5 rings (SSSR count). The summed E-state index contributed by atoms with van der Waals surface area (Å²) in [6.07, 6.45) is -1.22. The van der Waals surface area contributed by atoms with Gasteiger partial charge in [0.25, 0.3) is 0 Å². The number of nitrogens with one attached hydrogen (secondary N) is 2. The Labute approximate surface area is 219 Å². The maximum Gasteiger partial charge on any atom is 0.416 e. The molecule has 196 valence electrons. The number of anilines is 2. The number of fused-ring (bicyclic) bond motifs is 1. The molecule has 2 N–H and O–H groups in total. The van der Waals surface area contributed by atoms with E-state index in [2.05, 4.69) is 25.6 Å². The van der Waals surface area contributed by atoms with E-state index in [-0.39, 0.29) is 22.9 Å². The second-order valence-electron chi connectivity index (χ2n) is 8.50. The molecule has 0 saturated heterocycles. The lowest BCUT2D eigenvalue weighted by Gasteiger charge is -2.12. The number of nitrogens with zero attached hydrogens (tertiary/aromatic N) is 3. The van der Waals surface area contributed by atoms with E-state index < -0.39 is 23.6 Å². The summed E-state index contributed by atoms with van der Waals surface area (Å²) in [7, 11) is 0. The Morgan fingerprint density at radius 1 is 0.846 bits per heavy atom. The van der Waals surface area contributed by atoms with Gasteiger partial charge < -0.3 is 15.4 Å². The van der Waals surface area contributed by atoms with E-state index in [0.29, 0.717) is 16.7 Å². The smallest absolute Gasteiger partial charge is 0.416 e. The standard InChI is InChI=1S/C28H19F4N5O2/c1-16-5-6-17(14-33-16)25-15-34-23-10-8-21(13-24(23)37-25)39-26-12-20(7-9-22(26)29)36-27(38)35-19-4-2-3-18(11-19)28(30,31)32/h2-15H,1H3,(H2,35,36,38). The fourth-order valence-corrected chi connectivity index (χ4v) is 3.67. The van der Waals surface area contributed by atoms with Gasteiger partial charge in [0.2, 0.25) is 0 Å². The highest BCUT2D eigenvalue weighted by molar-refractivity contribution is 5.99. The topological polar surface area (TPSA) is 89.0 Å². The quantitative estimate of drug-likeness (QED) is 0.227. The maximum absolute atomic E-state index is 14.5. The summed E-state index contributed by atoms with van der Waals surface area (Å²) in [5.74, 6) is -0.594. The number of aryl methyl sites for hydroxylation is 1. The van der Waals surface area contributed by atoms with E-state index in [9.17, 15) is 22.4 Å². The van der Waals surface area contributed by atoms with Crippen molar-refractivity contribution < 1.29 is 27.1 Å². The Hall–Kier alpha value is -5.06. The number of pyridine rings is 1. The normalized spacial score (nSPS) is 11.3. The predicted molar refractivity (Wildman–Crippen MR) is 138 cm³/mol. The molecule has 39 heavy (non-hydrogen) atoms. The summed E-state index contributed by atoms with van der Waals surface area (Å²) in [6, 6.07) is 15.7. The number of amides is 2. The summed E-state index contributed by atoms with van der Waals surface area (Å²) in [6.45, 7) is 1.88. The number of carbonyl (C=O) groups excluding carboxylic acids is 1. The first-order chi connectivity index (χ1) is 18.6. The molecule has 0 fully saturated rings. The molecule has 0 unspecified atom stereocenters. The highest BCUT2D eigenvalue weighted by Crippen LogP contribution is 2.32. The zero-order chi connectivity index (χ0) is 27.6.